The van der Waals surface area contributed by atoms with Gasteiger partial charge in [-0.2, -0.15) is 5.10 Å². The fourth-order valence-corrected chi connectivity index (χ4v) is 2.39. The first kappa shape index (κ1) is 15.9. The number of rotatable bonds is 5. The molecule has 0 aliphatic carbocycles. The lowest BCUT2D eigenvalue weighted by Gasteiger charge is -2.06. The zero-order chi connectivity index (χ0) is 16.9. The molecule has 0 fully saturated rings. The third-order valence-corrected chi connectivity index (χ3v) is 3.60. The summed E-state index contributed by atoms with van der Waals surface area (Å²) in [6.45, 7) is 1.81. The van der Waals surface area contributed by atoms with Gasteiger partial charge < -0.3 is 5.32 Å². The van der Waals surface area contributed by atoms with Crippen LogP contribution in [0.2, 0.25) is 0 Å². The molecule has 0 bridgehead atoms. The fraction of sp³-hybridized carbons (Fsp3) is 0.167. The Morgan fingerprint density at radius 1 is 1.25 bits per heavy atom. The molecule has 6 heteroatoms. The second-order valence-corrected chi connectivity index (χ2v) is 5.45. The van der Waals surface area contributed by atoms with Crippen LogP contribution in [0.25, 0.3) is 5.69 Å². The van der Waals surface area contributed by atoms with Crippen LogP contribution in [-0.4, -0.2) is 20.7 Å². The summed E-state index contributed by atoms with van der Waals surface area (Å²) in [5.74, 6) is 0.0536. The number of aromatic nitrogens is 3. The van der Waals surface area contributed by atoms with Gasteiger partial charge in [0.2, 0.25) is 5.91 Å². The number of benzene rings is 1. The smallest absolute Gasteiger partial charge is 0.225 e. The number of carbonyl (C=O) groups excluding carboxylic acids is 1. The van der Waals surface area contributed by atoms with E-state index in [0.717, 1.165) is 16.9 Å². The van der Waals surface area contributed by atoms with Crippen molar-refractivity contribution in [3.63, 3.8) is 0 Å². The normalized spacial score (nSPS) is 10.6. The molecule has 3 aromatic rings. The van der Waals surface area contributed by atoms with Gasteiger partial charge in [0.05, 0.1) is 5.69 Å². The summed E-state index contributed by atoms with van der Waals surface area (Å²) in [5, 5.41) is 7.07. The lowest BCUT2D eigenvalue weighted by molar-refractivity contribution is -0.116. The van der Waals surface area contributed by atoms with E-state index in [1.54, 1.807) is 29.2 Å². The van der Waals surface area contributed by atoms with Crippen molar-refractivity contribution in [2.75, 3.05) is 5.32 Å². The molecule has 0 saturated carbocycles. The molecule has 0 radical (unpaired) electrons. The van der Waals surface area contributed by atoms with Crippen LogP contribution in [0, 0.1) is 12.7 Å². The third kappa shape index (κ3) is 3.84. The molecular formula is C18H17FN4O. The van der Waals surface area contributed by atoms with Gasteiger partial charge in [-0.1, -0.05) is 6.07 Å². The minimum atomic E-state index is -0.286. The summed E-state index contributed by atoms with van der Waals surface area (Å²) in [5.41, 5.74) is 2.41. The summed E-state index contributed by atoms with van der Waals surface area (Å²) < 4.78 is 14.8. The maximum absolute atomic E-state index is 13.2. The van der Waals surface area contributed by atoms with Gasteiger partial charge in [-0.05, 0) is 49.2 Å². The van der Waals surface area contributed by atoms with E-state index in [2.05, 4.69) is 15.4 Å². The summed E-state index contributed by atoms with van der Waals surface area (Å²) in [4.78, 5) is 16.2. The molecule has 24 heavy (non-hydrogen) atoms. The Balaban J connectivity index is 1.62. The zero-order valence-corrected chi connectivity index (χ0v) is 13.2. The van der Waals surface area contributed by atoms with Crippen molar-refractivity contribution in [2.45, 2.75) is 19.8 Å². The Morgan fingerprint density at radius 3 is 2.88 bits per heavy atom. The standard InChI is InChI=1S/C18H17FN4O/c1-13-12-14(19)5-7-16(13)23-11-9-17(22-23)21-18(24)8-6-15-4-2-3-10-20-15/h2-5,7,9-12H,6,8H2,1H3,(H,21,22,24). The highest BCUT2D eigenvalue weighted by atomic mass is 19.1. The SMILES string of the molecule is Cc1cc(F)ccc1-n1ccc(NC(=O)CCc2ccccn2)n1. The van der Waals surface area contributed by atoms with Crippen molar-refractivity contribution < 1.29 is 9.18 Å². The first-order chi connectivity index (χ1) is 11.6. The van der Waals surface area contributed by atoms with Crippen molar-refractivity contribution >= 4 is 11.7 Å². The zero-order valence-electron chi connectivity index (χ0n) is 13.2. The van der Waals surface area contributed by atoms with E-state index < -0.39 is 0 Å². The van der Waals surface area contributed by atoms with Gasteiger partial charge in [0, 0.05) is 30.6 Å². The van der Waals surface area contributed by atoms with Gasteiger partial charge in [0.15, 0.2) is 5.82 Å². The molecular weight excluding hydrogens is 307 g/mol. The number of amides is 1. The quantitative estimate of drug-likeness (QED) is 0.783. The minimum Gasteiger partial charge on any atom is -0.309 e. The summed E-state index contributed by atoms with van der Waals surface area (Å²) >= 11 is 0. The fourth-order valence-electron chi connectivity index (χ4n) is 2.39. The van der Waals surface area contributed by atoms with E-state index in [1.165, 1.54) is 12.1 Å². The molecule has 122 valence electrons. The van der Waals surface area contributed by atoms with Crippen LogP contribution in [0.4, 0.5) is 10.2 Å². The molecule has 1 N–H and O–H groups in total. The summed E-state index contributed by atoms with van der Waals surface area (Å²) in [6, 6.07) is 11.8. The van der Waals surface area contributed by atoms with E-state index >= 15 is 0 Å². The van der Waals surface area contributed by atoms with Gasteiger partial charge >= 0.3 is 0 Å². The average molecular weight is 324 g/mol. The monoisotopic (exact) mass is 324 g/mol. The molecule has 0 atom stereocenters. The lowest BCUT2D eigenvalue weighted by Crippen LogP contribution is -2.13. The summed E-state index contributed by atoms with van der Waals surface area (Å²) in [7, 11) is 0. The van der Waals surface area contributed by atoms with Crippen LogP contribution in [0.15, 0.2) is 54.9 Å². The van der Waals surface area contributed by atoms with Crippen LogP contribution in [0.1, 0.15) is 17.7 Å². The molecule has 2 aromatic heterocycles. The number of aryl methyl sites for hydroxylation is 2. The lowest BCUT2D eigenvalue weighted by atomic mass is 10.2. The van der Waals surface area contributed by atoms with E-state index in [1.807, 2.05) is 25.1 Å². The van der Waals surface area contributed by atoms with Gasteiger partial charge in [0.1, 0.15) is 5.82 Å². The first-order valence-corrected chi connectivity index (χ1v) is 7.64. The molecule has 1 amide bonds. The van der Waals surface area contributed by atoms with E-state index in [0.29, 0.717) is 18.7 Å². The van der Waals surface area contributed by atoms with E-state index in [4.69, 9.17) is 0 Å². The molecule has 0 aliphatic heterocycles. The second-order valence-electron chi connectivity index (χ2n) is 5.45. The predicted molar refractivity (Wildman–Crippen MR) is 89.4 cm³/mol. The molecule has 0 unspecified atom stereocenters. The Labute approximate surface area is 139 Å². The van der Waals surface area contributed by atoms with Crippen LogP contribution < -0.4 is 5.32 Å². The van der Waals surface area contributed by atoms with Crippen molar-refractivity contribution in [1.82, 2.24) is 14.8 Å². The topological polar surface area (TPSA) is 59.8 Å². The molecule has 0 aliphatic rings. The number of anilines is 1. The van der Waals surface area contributed by atoms with Crippen molar-refractivity contribution in [3.8, 4) is 5.69 Å². The maximum Gasteiger partial charge on any atom is 0.225 e. The minimum absolute atomic E-state index is 0.123. The second kappa shape index (κ2) is 7.04. The van der Waals surface area contributed by atoms with Gasteiger partial charge in [-0.25, -0.2) is 9.07 Å². The number of halogens is 1. The Hall–Kier alpha value is -3.02. The molecule has 2 heterocycles. The van der Waals surface area contributed by atoms with E-state index in [9.17, 15) is 9.18 Å². The number of hydrogen-bond acceptors (Lipinski definition) is 3. The van der Waals surface area contributed by atoms with Crippen LogP contribution >= 0.6 is 0 Å². The van der Waals surface area contributed by atoms with Crippen molar-refractivity contribution in [2.24, 2.45) is 0 Å². The van der Waals surface area contributed by atoms with Crippen LogP contribution in [0.5, 0.6) is 0 Å². The Kier molecular flexibility index (Phi) is 4.65. The van der Waals surface area contributed by atoms with Gasteiger partial charge in [-0.15, -0.1) is 0 Å². The molecule has 3 rings (SSSR count). The third-order valence-electron chi connectivity index (χ3n) is 3.60. The van der Waals surface area contributed by atoms with Crippen LogP contribution in [-0.2, 0) is 11.2 Å². The summed E-state index contributed by atoms with van der Waals surface area (Å²) in [6.07, 6.45) is 4.35. The highest BCUT2D eigenvalue weighted by molar-refractivity contribution is 5.89. The molecule has 1 aromatic carbocycles. The molecule has 0 saturated heterocycles. The predicted octanol–water partition coefficient (Wildman–Crippen LogP) is 3.29. The molecule has 5 nitrogen and oxygen atoms in total. The number of pyridine rings is 1. The highest BCUT2D eigenvalue weighted by Crippen LogP contribution is 2.16. The highest BCUT2D eigenvalue weighted by Gasteiger charge is 2.08. The Morgan fingerprint density at radius 2 is 2.12 bits per heavy atom. The van der Waals surface area contributed by atoms with Crippen LogP contribution in [0.3, 0.4) is 0 Å². The van der Waals surface area contributed by atoms with Gasteiger partial charge in [-0.3, -0.25) is 9.78 Å². The maximum atomic E-state index is 13.2. The molecule has 0 spiro atoms. The van der Waals surface area contributed by atoms with Crippen molar-refractivity contribution in [1.29, 1.82) is 0 Å². The Bertz CT molecular complexity index is 845. The number of nitrogens with zero attached hydrogens (tertiary/aromatic N) is 3. The van der Waals surface area contributed by atoms with Gasteiger partial charge in [0.25, 0.3) is 0 Å². The average Bonchev–Trinajstić information content (AvgIpc) is 3.02. The number of carbonyl (C=O) groups is 1. The number of nitrogens with one attached hydrogen (secondary N) is 1. The largest absolute Gasteiger partial charge is 0.309 e. The van der Waals surface area contributed by atoms with Crippen molar-refractivity contribution in [3.05, 3.63) is 71.9 Å². The van der Waals surface area contributed by atoms with E-state index in [-0.39, 0.29) is 11.7 Å². The first-order valence-electron chi connectivity index (χ1n) is 7.64. The number of hydrogen-bond donors (Lipinski definition) is 1.